The molecule has 2 aliphatic heterocycles. The van der Waals surface area contributed by atoms with Gasteiger partial charge in [0.15, 0.2) is 0 Å². The van der Waals surface area contributed by atoms with Crippen LogP contribution >= 0.6 is 11.6 Å². The number of aromatic nitrogens is 3. The molecule has 1 saturated heterocycles. The molecule has 1 N–H and O–H groups in total. The predicted molar refractivity (Wildman–Crippen MR) is 125 cm³/mol. The third-order valence-corrected chi connectivity index (χ3v) is 7.09. The van der Waals surface area contributed by atoms with Crippen LogP contribution in [0.4, 0.5) is 11.9 Å². The molecule has 2 amide bonds. The number of anilines is 2. The highest BCUT2D eigenvalue weighted by atomic mass is 35.5. The Kier molecular flexibility index (Phi) is 4.80. The maximum atomic E-state index is 13.1. The van der Waals surface area contributed by atoms with Crippen LogP contribution in [-0.4, -0.2) is 26.6 Å². The zero-order chi connectivity index (χ0) is 22.5. The molecule has 1 aromatic heterocycles. The molecule has 7 nitrogen and oxygen atoms in total. The highest BCUT2D eigenvalue weighted by Gasteiger charge is 2.49. The minimum atomic E-state index is -0.317. The first-order chi connectivity index (χ1) is 16.1. The summed E-state index contributed by atoms with van der Waals surface area (Å²) in [5.41, 5.74) is 2.18. The quantitative estimate of drug-likeness (QED) is 0.459. The second-order valence-electron chi connectivity index (χ2n) is 8.76. The predicted octanol–water partition coefficient (Wildman–Crippen LogP) is 4.53. The summed E-state index contributed by atoms with van der Waals surface area (Å²) in [7, 11) is 0. The van der Waals surface area contributed by atoms with Gasteiger partial charge in [-0.15, -0.1) is 5.10 Å². The number of rotatable bonds is 3. The molecule has 3 aromatic rings. The zero-order valence-corrected chi connectivity index (χ0v) is 18.5. The summed E-state index contributed by atoms with van der Waals surface area (Å²) in [6, 6.07) is 17.7. The Bertz CT molecular complexity index is 1230. The fourth-order valence-corrected chi connectivity index (χ4v) is 5.25. The van der Waals surface area contributed by atoms with Crippen molar-refractivity contribution in [3.8, 4) is 0 Å². The van der Waals surface area contributed by atoms with Crippen LogP contribution in [0.2, 0.25) is 5.02 Å². The van der Waals surface area contributed by atoms with Gasteiger partial charge in [0.2, 0.25) is 17.8 Å². The summed E-state index contributed by atoms with van der Waals surface area (Å²) in [5, 5.41) is 8.81. The van der Waals surface area contributed by atoms with Crippen LogP contribution in [0.1, 0.15) is 42.5 Å². The molecule has 2 aromatic carbocycles. The average Bonchev–Trinajstić information content (AvgIpc) is 3.38. The smallest absolute Gasteiger partial charge is 0.260 e. The van der Waals surface area contributed by atoms with Gasteiger partial charge in [0.1, 0.15) is 0 Å². The number of benzene rings is 2. The Balaban J connectivity index is 1.40. The SMILES string of the molecule is O=C1[C@H]2CC=CC[C@@H]2C(=O)N1c1nc2n(n1)[C@@H](c1ccccc1)C[C@H](c1ccc(Cl)cc1)N2. The number of halogens is 1. The lowest BCUT2D eigenvalue weighted by Crippen LogP contribution is -2.32. The van der Waals surface area contributed by atoms with Crippen LogP contribution in [-0.2, 0) is 9.59 Å². The van der Waals surface area contributed by atoms with Crippen molar-refractivity contribution in [1.82, 2.24) is 14.8 Å². The van der Waals surface area contributed by atoms with Crippen molar-refractivity contribution >= 4 is 35.3 Å². The van der Waals surface area contributed by atoms with E-state index in [9.17, 15) is 9.59 Å². The number of nitrogens with zero attached hydrogens (tertiary/aromatic N) is 4. The van der Waals surface area contributed by atoms with Crippen molar-refractivity contribution < 1.29 is 9.59 Å². The van der Waals surface area contributed by atoms with Gasteiger partial charge in [-0.05, 0) is 42.5 Å². The summed E-state index contributed by atoms with van der Waals surface area (Å²) in [6.07, 6.45) is 5.86. The monoisotopic (exact) mass is 459 g/mol. The molecule has 1 aliphatic carbocycles. The van der Waals surface area contributed by atoms with Gasteiger partial charge in [-0.3, -0.25) is 9.59 Å². The minimum absolute atomic E-state index is 0.0196. The van der Waals surface area contributed by atoms with Gasteiger partial charge < -0.3 is 5.32 Å². The minimum Gasteiger partial charge on any atom is -0.347 e. The molecule has 8 heteroatoms. The van der Waals surface area contributed by atoms with Crippen molar-refractivity contribution in [2.45, 2.75) is 31.3 Å². The van der Waals surface area contributed by atoms with E-state index in [0.29, 0.717) is 23.8 Å². The standard InChI is InChI=1S/C25H22ClN5O2/c26-17-12-10-15(11-13-17)20-14-21(16-6-2-1-3-7-16)31-24(27-20)28-25(29-31)30-22(32)18-8-4-5-9-19(18)23(30)33/h1-7,10-13,18-21H,8-9,14H2,(H,27,28,29)/t18-,19-,20+,21+/m0/s1. The number of amides is 2. The van der Waals surface area contributed by atoms with Crippen LogP contribution in [0, 0.1) is 11.8 Å². The van der Waals surface area contributed by atoms with Crippen LogP contribution in [0.3, 0.4) is 0 Å². The normalized spacial score (nSPS) is 26.2. The zero-order valence-electron chi connectivity index (χ0n) is 17.8. The molecule has 4 atom stereocenters. The van der Waals surface area contributed by atoms with Gasteiger partial charge in [-0.25, -0.2) is 9.58 Å². The van der Waals surface area contributed by atoms with Crippen molar-refractivity contribution in [1.29, 1.82) is 0 Å². The molecule has 0 bridgehead atoms. The molecule has 3 heterocycles. The fourth-order valence-electron chi connectivity index (χ4n) is 5.12. The molecule has 1 fully saturated rings. The third kappa shape index (κ3) is 3.35. The lowest BCUT2D eigenvalue weighted by molar-refractivity contribution is -0.122. The molecule has 0 spiro atoms. The molecule has 6 rings (SSSR count). The average molecular weight is 460 g/mol. The Labute approximate surface area is 196 Å². The Morgan fingerprint density at radius 2 is 1.55 bits per heavy atom. The maximum Gasteiger partial charge on any atom is 0.260 e. The van der Waals surface area contributed by atoms with E-state index in [1.165, 1.54) is 4.90 Å². The Morgan fingerprint density at radius 3 is 2.21 bits per heavy atom. The van der Waals surface area contributed by atoms with Gasteiger partial charge in [-0.2, -0.15) is 4.98 Å². The topological polar surface area (TPSA) is 80.1 Å². The highest BCUT2D eigenvalue weighted by Crippen LogP contribution is 2.41. The second kappa shape index (κ2) is 7.85. The van der Waals surface area contributed by atoms with Crippen molar-refractivity contribution in [3.05, 3.63) is 82.9 Å². The molecule has 0 radical (unpaired) electrons. The van der Waals surface area contributed by atoms with Gasteiger partial charge in [-0.1, -0.05) is 66.2 Å². The second-order valence-corrected chi connectivity index (χ2v) is 9.19. The lowest BCUT2D eigenvalue weighted by atomic mass is 9.85. The molecule has 0 saturated carbocycles. The van der Waals surface area contributed by atoms with E-state index in [-0.39, 0.29) is 41.7 Å². The summed E-state index contributed by atoms with van der Waals surface area (Å²) in [6.45, 7) is 0. The first kappa shape index (κ1) is 20.2. The summed E-state index contributed by atoms with van der Waals surface area (Å²) < 4.78 is 1.80. The number of hydrogen-bond donors (Lipinski definition) is 1. The number of carbonyl (C=O) groups is 2. The molecule has 33 heavy (non-hydrogen) atoms. The summed E-state index contributed by atoms with van der Waals surface area (Å²) >= 11 is 6.09. The van der Waals surface area contributed by atoms with Crippen LogP contribution in [0.5, 0.6) is 0 Å². The van der Waals surface area contributed by atoms with E-state index in [4.69, 9.17) is 11.6 Å². The van der Waals surface area contributed by atoms with Gasteiger partial charge in [0.05, 0.1) is 23.9 Å². The Hall–Kier alpha value is -3.45. The number of fused-ring (bicyclic) bond motifs is 2. The van der Waals surface area contributed by atoms with E-state index < -0.39 is 0 Å². The first-order valence-electron chi connectivity index (χ1n) is 11.2. The van der Waals surface area contributed by atoms with Gasteiger partial charge in [0, 0.05) is 5.02 Å². The summed E-state index contributed by atoms with van der Waals surface area (Å²) in [4.78, 5) is 32.0. The highest BCUT2D eigenvalue weighted by molar-refractivity contribution is 6.30. The van der Waals surface area contributed by atoms with E-state index in [1.54, 1.807) is 4.68 Å². The molecular formula is C25H22ClN5O2. The number of imide groups is 1. The molecular weight excluding hydrogens is 438 g/mol. The lowest BCUT2D eigenvalue weighted by Gasteiger charge is -2.31. The van der Waals surface area contributed by atoms with E-state index >= 15 is 0 Å². The molecule has 166 valence electrons. The Morgan fingerprint density at radius 1 is 0.879 bits per heavy atom. The number of allylic oxidation sites excluding steroid dienone is 2. The van der Waals surface area contributed by atoms with E-state index in [1.807, 2.05) is 54.6 Å². The van der Waals surface area contributed by atoms with Crippen LogP contribution in [0.15, 0.2) is 66.7 Å². The van der Waals surface area contributed by atoms with Gasteiger partial charge >= 0.3 is 0 Å². The van der Waals surface area contributed by atoms with Crippen molar-refractivity contribution in [2.24, 2.45) is 11.8 Å². The number of carbonyl (C=O) groups excluding carboxylic acids is 2. The van der Waals surface area contributed by atoms with Crippen LogP contribution < -0.4 is 10.2 Å². The van der Waals surface area contributed by atoms with Crippen molar-refractivity contribution in [3.63, 3.8) is 0 Å². The van der Waals surface area contributed by atoms with Crippen molar-refractivity contribution in [2.75, 3.05) is 10.2 Å². The number of hydrogen-bond acceptors (Lipinski definition) is 5. The first-order valence-corrected chi connectivity index (χ1v) is 11.5. The van der Waals surface area contributed by atoms with E-state index in [0.717, 1.165) is 17.5 Å². The molecule has 3 aliphatic rings. The van der Waals surface area contributed by atoms with Gasteiger partial charge in [0.25, 0.3) is 5.95 Å². The maximum absolute atomic E-state index is 13.1. The fraction of sp³-hybridized carbons (Fsp3) is 0.280. The van der Waals surface area contributed by atoms with Crippen LogP contribution in [0.25, 0.3) is 0 Å². The van der Waals surface area contributed by atoms with E-state index in [2.05, 4.69) is 27.5 Å². The third-order valence-electron chi connectivity index (χ3n) is 6.84. The largest absolute Gasteiger partial charge is 0.347 e. The number of nitrogens with one attached hydrogen (secondary N) is 1. The summed E-state index contributed by atoms with van der Waals surface area (Å²) in [5.74, 6) is -0.352. The molecule has 0 unspecified atom stereocenters.